The van der Waals surface area contributed by atoms with E-state index in [1.54, 1.807) is 0 Å². The molecule has 4 aromatic rings. The molecule has 0 fully saturated rings. The summed E-state index contributed by atoms with van der Waals surface area (Å²) in [4.78, 5) is 49.6. The zero-order valence-corrected chi connectivity index (χ0v) is 29.6. The Hall–Kier alpha value is -5.96. The Morgan fingerprint density at radius 2 is 1.07 bits per heavy atom. The van der Waals surface area contributed by atoms with Crippen molar-refractivity contribution >= 4 is 55.1 Å². The molecule has 2 amide bonds. The van der Waals surface area contributed by atoms with Gasteiger partial charge in [-0.1, -0.05) is 24.3 Å². The third-order valence-corrected chi connectivity index (χ3v) is 11.4. The molecule has 0 aromatic heterocycles. The molecule has 2 aliphatic heterocycles. The van der Waals surface area contributed by atoms with Crippen LogP contribution in [0, 0.1) is 0 Å². The molecule has 4 aromatic carbocycles. The maximum absolute atomic E-state index is 13.4. The smallest absolute Gasteiger partial charge is 0.420 e. The van der Waals surface area contributed by atoms with Crippen molar-refractivity contribution in [2.45, 2.75) is 22.1 Å². The molecular weight excluding hydrogens is 790 g/mol. The zero-order chi connectivity index (χ0) is 40.8. The number of carbonyl (C=O) groups is 4. The fourth-order valence-electron chi connectivity index (χ4n) is 5.79. The Bertz CT molecular complexity index is 2490. The first-order valence-corrected chi connectivity index (χ1v) is 18.4. The number of methoxy groups -OCH3 is 2. The Kier molecular flexibility index (Phi) is 10.5. The Morgan fingerprint density at radius 1 is 0.673 bits per heavy atom. The summed E-state index contributed by atoms with van der Waals surface area (Å²) in [6.07, 6.45) is -9.74. The molecule has 0 saturated heterocycles. The van der Waals surface area contributed by atoms with Crippen LogP contribution in [0.3, 0.4) is 0 Å². The van der Waals surface area contributed by atoms with Gasteiger partial charge in [-0.3, -0.25) is 24.2 Å². The van der Waals surface area contributed by atoms with Gasteiger partial charge in [0, 0.05) is 11.1 Å². The van der Waals surface area contributed by atoms with E-state index in [0.29, 0.717) is 12.1 Å². The van der Waals surface area contributed by atoms with Gasteiger partial charge in [0.15, 0.2) is 26.0 Å². The predicted octanol–water partition coefficient (Wildman–Crippen LogP) is 5.72. The number of aromatic carboxylic acids is 1. The lowest BCUT2D eigenvalue weighted by Crippen LogP contribution is -2.31. The van der Waals surface area contributed by atoms with E-state index >= 15 is 0 Å². The highest BCUT2D eigenvalue weighted by molar-refractivity contribution is 7.92. The normalized spacial score (nSPS) is 15.3. The summed E-state index contributed by atoms with van der Waals surface area (Å²) in [5, 5.41) is 9.23. The Morgan fingerprint density at radius 3 is 1.45 bits per heavy atom. The van der Waals surface area contributed by atoms with Crippen LogP contribution in [0.2, 0.25) is 0 Å². The van der Waals surface area contributed by atoms with E-state index in [0.717, 1.165) is 36.2 Å². The number of alkyl halides is 6. The van der Waals surface area contributed by atoms with Gasteiger partial charge >= 0.3 is 18.3 Å². The molecule has 290 valence electrons. The van der Waals surface area contributed by atoms with Gasteiger partial charge in [0.05, 0.1) is 52.1 Å². The van der Waals surface area contributed by atoms with E-state index in [-0.39, 0.29) is 27.5 Å². The van der Waals surface area contributed by atoms with Crippen LogP contribution in [-0.2, 0) is 32.0 Å². The largest absolute Gasteiger partial charge is 0.495 e. The Balaban J connectivity index is 0.000000211. The standard InChI is InChI=1S/C17H12F3NO6S.C17H12F3NO5S/c1-27-14-10(16(23)24)6-9(7-11(14)17(18,19)20)15(22)21-8-28(25,26)13-5-3-2-4-12(13)21;1-26-15-11(8-22)6-10(7-12(15)17(18,19)20)16(23)21-9-27(24,25)14-5-3-2-4-13(14)21/h2-7H,8H2,1H3,(H,23,24);2-8H,9H2,1H3. The van der Waals surface area contributed by atoms with Crippen LogP contribution >= 0.6 is 0 Å². The molecule has 0 saturated carbocycles. The topological polar surface area (TPSA) is 182 Å². The highest BCUT2D eigenvalue weighted by Crippen LogP contribution is 2.42. The van der Waals surface area contributed by atoms with Crippen LogP contribution in [0.25, 0.3) is 0 Å². The van der Waals surface area contributed by atoms with Gasteiger partial charge < -0.3 is 14.6 Å². The number of para-hydroxylation sites is 2. The number of fused-ring (bicyclic) bond motifs is 2. The number of carboxylic acids is 1. The summed E-state index contributed by atoms with van der Waals surface area (Å²) in [5.41, 5.74) is -5.10. The van der Waals surface area contributed by atoms with Crippen LogP contribution in [0.5, 0.6) is 11.5 Å². The number of ether oxygens (including phenoxy) is 2. The van der Waals surface area contributed by atoms with Crippen LogP contribution in [0.15, 0.2) is 82.6 Å². The molecule has 0 spiro atoms. The number of benzene rings is 4. The van der Waals surface area contributed by atoms with E-state index in [4.69, 9.17) is 0 Å². The molecule has 2 heterocycles. The van der Waals surface area contributed by atoms with Crippen LogP contribution in [0.4, 0.5) is 37.7 Å². The lowest BCUT2D eigenvalue weighted by molar-refractivity contribution is -0.139. The summed E-state index contributed by atoms with van der Waals surface area (Å²) >= 11 is 0. The summed E-state index contributed by atoms with van der Waals surface area (Å²) in [6.45, 7) is 0. The number of aldehydes is 1. The first-order valence-electron chi connectivity index (χ1n) is 15.1. The molecule has 2 aliphatic rings. The zero-order valence-electron chi connectivity index (χ0n) is 27.9. The van der Waals surface area contributed by atoms with Crippen molar-refractivity contribution in [1.82, 2.24) is 0 Å². The van der Waals surface area contributed by atoms with E-state index < -0.39 is 106 Å². The maximum atomic E-state index is 13.4. The number of hydrogen-bond acceptors (Lipinski definition) is 10. The molecule has 21 heteroatoms. The highest BCUT2D eigenvalue weighted by atomic mass is 32.2. The van der Waals surface area contributed by atoms with Crippen molar-refractivity contribution in [3.8, 4) is 11.5 Å². The van der Waals surface area contributed by atoms with Crippen LogP contribution in [-0.4, -0.2) is 72.0 Å². The number of amides is 2. The van der Waals surface area contributed by atoms with Crippen molar-refractivity contribution in [3.05, 3.63) is 106 Å². The molecule has 1 N–H and O–H groups in total. The van der Waals surface area contributed by atoms with Gasteiger partial charge in [-0.05, 0) is 48.5 Å². The molecule has 0 unspecified atom stereocenters. The van der Waals surface area contributed by atoms with Crippen molar-refractivity contribution in [2.24, 2.45) is 0 Å². The fourth-order valence-corrected chi connectivity index (χ4v) is 8.83. The third kappa shape index (κ3) is 7.56. The third-order valence-electron chi connectivity index (χ3n) is 8.15. The summed E-state index contributed by atoms with van der Waals surface area (Å²) in [6, 6.07) is 13.9. The summed E-state index contributed by atoms with van der Waals surface area (Å²) in [5.74, 6) is -6.89. The first kappa shape index (κ1) is 40.2. The minimum absolute atomic E-state index is 0.00810. The molecule has 0 atom stereocenters. The van der Waals surface area contributed by atoms with Gasteiger partial charge in [0.1, 0.15) is 28.8 Å². The number of carboxylic acid groups (broad SMARTS) is 1. The minimum Gasteiger partial charge on any atom is -0.495 e. The van der Waals surface area contributed by atoms with E-state index in [1.165, 1.54) is 48.5 Å². The molecule has 13 nitrogen and oxygen atoms in total. The number of carbonyl (C=O) groups excluding carboxylic acids is 3. The maximum Gasteiger partial charge on any atom is 0.420 e. The second-order valence-electron chi connectivity index (χ2n) is 11.6. The lowest BCUT2D eigenvalue weighted by atomic mass is 10.0. The number of rotatable bonds is 6. The second kappa shape index (κ2) is 14.4. The first-order chi connectivity index (χ1) is 25.6. The quantitative estimate of drug-likeness (QED) is 0.186. The van der Waals surface area contributed by atoms with Gasteiger partial charge in [0.2, 0.25) is 0 Å². The van der Waals surface area contributed by atoms with E-state index in [2.05, 4.69) is 9.47 Å². The monoisotopic (exact) mass is 814 g/mol. The summed E-state index contributed by atoms with van der Waals surface area (Å²) in [7, 11) is -5.78. The van der Waals surface area contributed by atoms with Crippen molar-refractivity contribution < 1.29 is 76.9 Å². The van der Waals surface area contributed by atoms with Gasteiger partial charge in [-0.25, -0.2) is 21.6 Å². The second-order valence-corrected chi connectivity index (χ2v) is 15.4. The van der Waals surface area contributed by atoms with Crippen LogP contribution in [0.1, 0.15) is 52.6 Å². The van der Waals surface area contributed by atoms with E-state index in [9.17, 15) is 67.5 Å². The Labute approximate surface area is 307 Å². The minimum atomic E-state index is -5.00. The highest BCUT2D eigenvalue weighted by Gasteiger charge is 2.42. The molecule has 0 aliphatic carbocycles. The molecule has 0 bridgehead atoms. The SMILES string of the molecule is COc1c(C(=O)O)cc(C(=O)N2CS(=O)(=O)c3ccccc32)cc1C(F)(F)F.COc1c(C=O)cc(C(=O)N2CS(=O)(=O)c3ccccc32)cc1C(F)(F)F. The van der Waals surface area contributed by atoms with Crippen LogP contribution < -0.4 is 19.3 Å². The molecule has 55 heavy (non-hydrogen) atoms. The van der Waals surface area contributed by atoms with Crippen molar-refractivity contribution in [2.75, 3.05) is 35.8 Å². The number of halogens is 6. The lowest BCUT2D eigenvalue weighted by Gasteiger charge is -2.19. The predicted molar refractivity (Wildman–Crippen MR) is 179 cm³/mol. The van der Waals surface area contributed by atoms with Gasteiger partial charge in [-0.2, -0.15) is 26.3 Å². The van der Waals surface area contributed by atoms with Crippen molar-refractivity contribution in [3.63, 3.8) is 0 Å². The molecule has 6 rings (SSSR count). The fraction of sp³-hybridized carbons (Fsp3) is 0.176. The average Bonchev–Trinajstić information content (AvgIpc) is 3.57. The number of anilines is 2. The average molecular weight is 815 g/mol. The molecule has 0 radical (unpaired) electrons. The number of hydrogen-bond donors (Lipinski definition) is 1. The number of sulfone groups is 2. The summed E-state index contributed by atoms with van der Waals surface area (Å²) < 4.78 is 138. The van der Waals surface area contributed by atoms with Gasteiger partial charge in [0.25, 0.3) is 11.8 Å². The van der Waals surface area contributed by atoms with Gasteiger partial charge in [-0.15, -0.1) is 0 Å². The number of nitrogens with zero attached hydrogens (tertiary/aromatic N) is 2. The van der Waals surface area contributed by atoms with E-state index in [1.807, 2.05) is 0 Å². The molecular formula is C34H24F6N2O11S2. The van der Waals surface area contributed by atoms with Crippen molar-refractivity contribution in [1.29, 1.82) is 0 Å².